The molecule has 0 aromatic heterocycles. The molecule has 0 saturated carbocycles. The minimum atomic E-state index is -0.578. The van der Waals surface area contributed by atoms with Crippen LogP contribution in [-0.2, 0) is 6.54 Å². The summed E-state index contributed by atoms with van der Waals surface area (Å²) in [6, 6.07) is 6.07. The van der Waals surface area contributed by atoms with Crippen molar-refractivity contribution >= 4 is 11.6 Å². The van der Waals surface area contributed by atoms with Gasteiger partial charge in [0.15, 0.2) is 17.6 Å². The van der Waals surface area contributed by atoms with E-state index in [2.05, 4.69) is 19.2 Å². The molecule has 0 fully saturated rings. The third-order valence-corrected chi connectivity index (χ3v) is 2.76. The summed E-state index contributed by atoms with van der Waals surface area (Å²) >= 11 is 6.19. The smallest absolute Gasteiger partial charge is 0.182 e. The second-order valence-corrected chi connectivity index (χ2v) is 4.94. The number of methoxy groups -OCH3 is 1. The molecule has 0 saturated heterocycles. The predicted molar refractivity (Wildman–Crippen MR) is 75.7 cm³/mol. The van der Waals surface area contributed by atoms with Gasteiger partial charge < -0.3 is 14.8 Å². The number of rotatable bonds is 6. The van der Waals surface area contributed by atoms with Crippen LogP contribution in [0, 0.1) is 11.3 Å². The lowest BCUT2D eigenvalue weighted by Crippen LogP contribution is -2.21. The summed E-state index contributed by atoms with van der Waals surface area (Å²) in [5.74, 6) is 0.946. The molecule has 0 radical (unpaired) electrons. The normalized spacial score (nSPS) is 12.1. The molecule has 0 spiro atoms. The lowest BCUT2D eigenvalue weighted by atomic mass is 10.2. The molecule has 5 heteroatoms. The highest BCUT2D eigenvalue weighted by Crippen LogP contribution is 2.37. The van der Waals surface area contributed by atoms with Crippen molar-refractivity contribution in [1.29, 1.82) is 5.26 Å². The number of hydrogen-bond acceptors (Lipinski definition) is 4. The van der Waals surface area contributed by atoms with Gasteiger partial charge in [-0.3, -0.25) is 0 Å². The van der Waals surface area contributed by atoms with E-state index in [4.69, 9.17) is 26.3 Å². The minimum absolute atomic E-state index is 0.388. The molecule has 0 aliphatic rings. The Labute approximate surface area is 119 Å². The van der Waals surface area contributed by atoms with Crippen molar-refractivity contribution < 1.29 is 9.47 Å². The molecule has 104 valence electrons. The Morgan fingerprint density at radius 2 is 2.05 bits per heavy atom. The fraction of sp³-hybridized carbons (Fsp3) is 0.500. The molecule has 0 bridgehead atoms. The quantitative estimate of drug-likeness (QED) is 0.871. The molecule has 19 heavy (non-hydrogen) atoms. The number of nitrogens with one attached hydrogen (secondary N) is 1. The van der Waals surface area contributed by atoms with Gasteiger partial charge in [-0.2, -0.15) is 5.26 Å². The number of halogens is 1. The van der Waals surface area contributed by atoms with E-state index in [1.165, 1.54) is 0 Å². The topological polar surface area (TPSA) is 54.3 Å². The highest BCUT2D eigenvalue weighted by molar-refractivity contribution is 6.32. The summed E-state index contributed by atoms with van der Waals surface area (Å²) in [7, 11) is 1.55. The lowest BCUT2D eigenvalue weighted by molar-refractivity contribution is 0.260. The van der Waals surface area contributed by atoms with Crippen LogP contribution in [-0.4, -0.2) is 19.3 Å². The second kappa shape index (κ2) is 7.22. The Morgan fingerprint density at radius 1 is 1.37 bits per heavy atom. The molecule has 0 amide bonds. The monoisotopic (exact) mass is 282 g/mol. The zero-order valence-electron chi connectivity index (χ0n) is 11.7. The standard InChI is InChI=1S/C14H19ClN2O2/c1-9(2)17-8-11-5-12(15)14(13(6-11)18-4)19-10(3)7-16/h5-6,9-10,17H,8H2,1-4H3. The fourth-order valence-electron chi connectivity index (χ4n) is 1.51. The Morgan fingerprint density at radius 3 is 2.58 bits per heavy atom. The predicted octanol–water partition coefficient (Wildman–Crippen LogP) is 3.14. The van der Waals surface area contributed by atoms with Crippen LogP contribution in [0.15, 0.2) is 12.1 Å². The van der Waals surface area contributed by atoms with E-state index >= 15 is 0 Å². The number of nitriles is 1. The van der Waals surface area contributed by atoms with E-state index in [0.29, 0.717) is 29.1 Å². The fourth-order valence-corrected chi connectivity index (χ4v) is 1.79. The highest BCUT2D eigenvalue weighted by atomic mass is 35.5. The van der Waals surface area contributed by atoms with E-state index in [9.17, 15) is 0 Å². The number of benzene rings is 1. The lowest BCUT2D eigenvalue weighted by Gasteiger charge is -2.16. The summed E-state index contributed by atoms with van der Waals surface area (Å²) in [6.07, 6.45) is -0.578. The van der Waals surface area contributed by atoms with E-state index in [1.807, 2.05) is 18.2 Å². The first kappa shape index (κ1) is 15.6. The van der Waals surface area contributed by atoms with Crippen LogP contribution in [0.4, 0.5) is 0 Å². The third-order valence-electron chi connectivity index (χ3n) is 2.48. The average Bonchev–Trinajstić information content (AvgIpc) is 2.38. The van der Waals surface area contributed by atoms with Gasteiger partial charge in [0, 0.05) is 12.6 Å². The van der Waals surface area contributed by atoms with Crippen molar-refractivity contribution in [1.82, 2.24) is 5.32 Å². The first-order chi connectivity index (χ1) is 8.97. The van der Waals surface area contributed by atoms with Crippen molar-refractivity contribution in [2.45, 2.75) is 39.5 Å². The van der Waals surface area contributed by atoms with Crippen LogP contribution in [0.5, 0.6) is 11.5 Å². The first-order valence-corrected chi connectivity index (χ1v) is 6.51. The van der Waals surface area contributed by atoms with Crippen molar-refractivity contribution in [3.8, 4) is 17.6 Å². The van der Waals surface area contributed by atoms with Crippen LogP contribution in [0.2, 0.25) is 5.02 Å². The largest absolute Gasteiger partial charge is 0.493 e. The Bertz CT molecular complexity index is 469. The maximum atomic E-state index is 8.78. The summed E-state index contributed by atoms with van der Waals surface area (Å²) in [6.45, 7) is 6.50. The van der Waals surface area contributed by atoms with Crippen LogP contribution in [0.1, 0.15) is 26.3 Å². The zero-order chi connectivity index (χ0) is 14.4. The van der Waals surface area contributed by atoms with Gasteiger partial charge in [0.2, 0.25) is 0 Å². The van der Waals surface area contributed by atoms with Gasteiger partial charge in [-0.1, -0.05) is 25.4 Å². The third kappa shape index (κ3) is 4.62. The molecule has 0 aliphatic carbocycles. The molecule has 1 atom stereocenters. The number of nitrogens with zero attached hydrogens (tertiary/aromatic N) is 1. The van der Waals surface area contributed by atoms with Gasteiger partial charge in [0.05, 0.1) is 12.1 Å². The van der Waals surface area contributed by atoms with Crippen LogP contribution >= 0.6 is 11.6 Å². The number of hydrogen-bond donors (Lipinski definition) is 1. The average molecular weight is 283 g/mol. The van der Waals surface area contributed by atoms with Gasteiger partial charge in [-0.15, -0.1) is 0 Å². The maximum absolute atomic E-state index is 8.78. The van der Waals surface area contributed by atoms with Crippen molar-refractivity contribution in [2.75, 3.05) is 7.11 Å². The Kier molecular flexibility index (Phi) is 5.94. The van der Waals surface area contributed by atoms with Crippen LogP contribution < -0.4 is 14.8 Å². The molecule has 0 aliphatic heterocycles. The molecule has 1 rings (SSSR count). The van der Waals surface area contributed by atoms with Crippen molar-refractivity contribution in [2.24, 2.45) is 0 Å². The van der Waals surface area contributed by atoms with Gasteiger partial charge in [-0.05, 0) is 24.6 Å². The summed E-state index contributed by atoms with van der Waals surface area (Å²) in [5.41, 5.74) is 1.01. The Balaban J connectivity index is 2.98. The van der Waals surface area contributed by atoms with Gasteiger partial charge in [0.25, 0.3) is 0 Å². The molecule has 1 N–H and O–H groups in total. The molecule has 1 aromatic carbocycles. The second-order valence-electron chi connectivity index (χ2n) is 4.53. The van der Waals surface area contributed by atoms with Gasteiger partial charge in [0.1, 0.15) is 6.07 Å². The summed E-state index contributed by atoms with van der Waals surface area (Å²) in [5, 5.41) is 12.5. The van der Waals surface area contributed by atoms with E-state index in [1.54, 1.807) is 14.0 Å². The van der Waals surface area contributed by atoms with Crippen LogP contribution in [0.3, 0.4) is 0 Å². The minimum Gasteiger partial charge on any atom is -0.493 e. The molecular weight excluding hydrogens is 264 g/mol. The summed E-state index contributed by atoms with van der Waals surface area (Å²) in [4.78, 5) is 0. The molecule has 4 nitrogen and oxygen atoms in total. The molecule has 1 aromatic rings. The van der Waals surface area contributed by atoms with E-state index in [-0.39, 0.29) is 0 Å². The van der Waals surface area contributed by atoms with Gasteiger partial charge >= 0.3 is 0 Å². The molecule has 1 unspecified atom stereocenters. The Hall–Kier alpha value is -1.44. The van der Waals surface area contributed by atoms with E-state index < -0.39 is 6.10 Å². The van der Waals surface area contributed by atoms with Crippen LogP contribution in [0.25, 0.3) is 0 Å². The first-order valence-electron chi connectivity index (χ1n) is 6.14. The molecular formula is C14H19ClN2O2. The van der Waals surface area contributed by atoms with Crippen molar-refractivity contribution in [3.05, 3.63) is 22.7 Å². The maximum Gasteiger partial charge on any atom is 0.182 e. The highest BCUT2D eigenvalue weighted by Gasteiger charge is 2.14. The van der Waals surface area contributed by atoms with Crippen molar-refractivity contribution in [3.63, 3.8) is 0 Å². The van der Waals surface area contributed by atoms with E-state index in [0.717, 1.165) is 5.56 Å². The molecule has 0 heterocycles. The SMILES string of the molecule is COc1cc(CNC(C)C)cc(Cl)c1OC(C)C#N. The number of ether oxygens (including phenoxy) is 2. The van der Waals surface area contributed by atoms with Gasteiger partial charge in [-0.25, -0.2) is 0 Å². The zero-order valence-corrected chi connectivity index (χ0v) is 12.4. The summed E-state index contributed by atoms with van der Waals surface area (Å²) < 4.78 is 10.7.